The molecule has 3 aliphatic heterocycles. The number of phenols is 1. The second-order valence-electron chi connectivity index (χ2n) is 15.7. The molecule has 8 N–H and O–H groups in total. The number of carbonyl (C=O) groups excluding carboxylic acids is 2. The smallest absolute Gasteiger partial charge is 0.336 e. The number of hydrogen-bond acceptors (Lipinski definition) is 12. The zero-order valence-corrected chi connectivity index (χ0v) is 30.5. The van der Waals surface area contributed by atoms with E-state index in [1.165, 1.54) is 19.1 Å². The number of benzene rings is 1. The average molecular weight is 707 g/mol. The number of rotatable bonds is 12. The van der Waals surface area contributed by atoms with Crippen molar-refractivity contribution in [1.82, 2.24) is 30.7 Å². The first-order valence-corrected chi connectivity index (χ1v) is 17.5. The Balaban J connectivity index is 1.50. The highest BCUT2D eigenvalue weighted by Gasteiger charge is 2.55. The molecule has 0 aliphatic carbocycles. The lowest BCUT2D eigenvalue weighted by molar-refractivity contribution is -0.230. The number of phenolic OH excluding ortho intramolecular Hbond substituents is 1. The number of carboxylic acids is 1. The van der Waals surface area contributed by atoms with Gasteiger partial charge in [0, 0.05) is 88.9 Å². The van der Waals surface area contributed by atoms with Gasteiger partial charge in [0.25, 0.3) is 5.91 Å². The normalized spacial score (nSPS) is 29.5. The van der Waals surface area contributed by atoms with Crippen molar-refractivity contribution < 1.29 is 44.7 Å². The summed E-state index contributed by atoms with van der Waals surface area (Å²) in [6.07, 6.45) is -5.82. The first kappa shape index (κ1) is 39.9. The number of carbonyl (C=O) groups is 3. The third kappa shape index (κ3) is 9.31. The van der Waals surface area contributed by atoms with E-state index in [1.807, 2.05) is 0 Å². The number of ether oxygens (including phenoxy) is 1. The maximum absolute atomic E-state index is 13.0. The van der Waals surface area contributed by atoms with Gasteiger partial charge in [-0.15, -0.1) is 0 Å². The molecular formula is C35H58N6O9. The molecule has 1 spiro atoms. The lowest BCUT2D eigenvalue weighted by Crippen LogP contribution is -2.68. The van der Waals surface area contributed by atoms with Crippen LogP contribution in [0, 0.1) is 13.8 Å². The Labute approximate surface area is 294 Å². The number of likely N-dealkylation sites (N-methyl/N-ethyl adjacent to an activating group) is 1. The Bertz CT molecular complexity index is 1370. The molecule has 15 heteroatoms. The Kier molecular flexibility index (Phi) is 12.6. The van der Waals surface area contributed by atoms with Crippen LogP contribution < -0.4 is 16.0 Å². The molecule has 4 rings (SSSR count). The van der Waals surface area contributed by atoms with Crippen LogP contribution in [0.2, 0.25) is 0 Å². The van der Waals surface area contributed by atoms with Gasteiger partial charge in [-0.05, 0) is 71.3 Å². The van der Waals surface area contributed by atoms with Crippen LogP contribution in [0.3, 0.4) is 0 Å². The monoisotopic (exact) mass is 706 g/mol. The lowest BCUT2D eigenvalue weighted by Gasteiger charge is -2.51. The molecule has 0 unspecified atom stereocenters. The molecule has 282 valence electrons. The third-order valence-electron chi connectivity index (χ3n) is 10.4. The van der Waals surface area contributed by atoms with E-state index in [2.05, 4.69) is 58.5 Å². The number of aliphatic hydroxyl groups excluding tert-OH is 3. The average Bonchev–Trinajstić information content (AvgIpc) is 3.43. The second kappa shape index (κ2) is 15.8. The van der Waals surface area contributed by atoms with E-state index >= 15 is 0 Å². The Morgan fingerprint density at radius 1 is 1.08 bits per heavy atom. The summed E-state index contributed by atoms with van der Waals surface area (Å²) in [6.45, 7) is 15.6. The molecule has 3 heterocycles. The maximum Gasteiger partial charge on any atom is 0.336 e. The number of aliphatic hydroxyl groups is 3. The molecule has 50 heavy (non-hydrogen) atoms. The van der Waals surface area contributed by atoms with Gasteiger partial charge >= 0.3 is 5.97 Å². The first-order chi connectivity index (χ1) is 23.3. The molecule has 0 bridgehead atoms. The summed E-state index contributed by atoms with van der Waals surface area (Å²) in [4.78, 5) is 45.0. The van der Waals surface area contributed by atoms with Crippen LogP contribution >= 0.6 is 0 Å². The summed E-state index contributed by atoms with van der Waals surface area (Å²) in [5, 5.41) is 63.0. The molecule has 0 radical (unpaired) electrons. The van der Waals surface area contributed by atoms with Gasteiger partial charge in [0.15, 0.2) is 5.60 Å². The quantitative estimate of drug-likeness (QED) is 0.136. The minimum atomic E-state index is -1.93. The number of nitrogens with zero attached hydrogens (tertiary/aromatic N) is 3. The number of amides is 2. The topological polar surface area (TPSA) is 207 Å². The van der Waals surface area contributed by atoms with Crippen LogP contribution in [0.15, 0.2) is 12.1 Å². The second-order valence-corrected chi connectivity index (χ2v) is 15.7. The molecule has 1 aromatic rings. The van der Waals surface area contributed by atoms with Crippen molar-refractivity contribution in [3.8, 4) is 5.75 Å². The molecular weight excluding hydrogens is 648 g/mol. The Morgan fingerprint density at radius 2 is 1.74 bits per heavy atom. The summed E-state index contributed by atoms with van der Waals surface area (Å²) < 4.78 is 6.22. The number of aromatic hydroxyl groups is 1. The number of likely N-dealkylation sites (tertiary alicyclic amines) is 1. The highest BCUT2D eigenvalue weighted by molar-refractivity contribution is 5.94. The van der Waals surface area contributed by atoms with Crippen LogP contribution in [0.25, 0.3) is 0 Å². The van der Waals surface area contributed by atoms with Gasteiger partial charge in [-0.1, -0.05) is 0 Å². The summed E-state index contributed by atoms with van der Waals surface area (Å²) in [7, 11) is 2.09. The molecule has 2 amide bonds. The first-order valence-electron chi connectivity index (χ1n) is 17.5. The van der Waals surface area contributed by atoms with Crippen molar-refractivity contribution >= 4 is 17.8 Å². The zero-order valence-electron chi connectivity index (χ0n) is 30.5. The van der Waals surface area contributed by atoms with E-state index in [-0.39, 0.29) is 35.2 Å². The summed E-state index contributed by atoms with van der Waals surface area (Å²) in [5.41, 5.74) is -0.947. The van der Waals surface area contributed by atoms with E-state index in [1.54, 1.807) is 13.8 Å². The molecule has 3 aliphatic rings. The minimum absolute atomic E-state index is 0.00645. The largest absolute Gasteiger partial charge is 0.507 e. The van der Waals surface area contributed by atoms with Gasteiger partial charge in [-0.25, -0.2) is 4.79 Å². The minimum Gasteiger partial charge on any atom is -0.507 e. The molecule has 0 aromatic heterocycles. The van der Waals surface area contributed by atoms with Gasteiger partial charge in [0.05, 0.1) is 18.2 Å². The molecule has 15 nitrogen and oxygen atoms in total. The molecule has 7 atom stereocenters. The van der Waals surface area contributed by atoms with Gasteiger partial charge in [0.2, 0.25) is 5.91 Å². The highest BCUT2D eigenvalue weighted by atomic mass is 16.6. The van der Waals surface area contributed by atoms with Crippen molar-refractivity contribution in [2.24, 2.45) is 0 Å². The number of carboxylic acid groups (broad SMARTS) is 1. The number of aryl methyl sites for hydroxylation is 2. The number of nitrogens with one attached hydrogen (secondary N) is 3. The lowest BCUT2D eigenvalue weighted by atomic mass is 9.81. The Morgan fingerprint density at radius 3 is 2.34 bits per heavy atom. The molecule has 0 saturated carbocycles. The van der Waals surface area contributed by atoms with Gasteiger partial charge < -0.3 is 45.8 Å². The fraction of sp³-hybridized carbons (Fsp3) is 0.743. The fourth-order valence-electron chi connectivity index (χ4n) is 7.58. The standard InChI is InChI=1S/C35H58N6O9/c1-21-14-24(15-22(2)28(21)45)31(47)36-17-26(44)29(46)30-27(38-23(3)42)25(43)16-35(50-30,32(48)49)9-11-41-13-12-39(7)18-34(41)8-10-40(19-34)20-37-33(4,5)6/h14-15,25-27,29-30,37,43-46H,8-13,16-20H2,1-7H3,(H,36,47)(H,38,42)(H,48,49)/t25-,26+,27+,29+,30+,34-,35+/m0/s1. The van der Waals surface area contributed by atoms with Crippen LogP contribution in [0.5, 0.6) is 5.75 Å². The summed E-state index contributed by atoms with van der Waals surface area (Å²) >= 11 is 0. The van der Waals surface area contributed by atoms with Gasteiger partial charge in [-0.3, -0.25) is 24.7 Å². The van der Waals surface area contributed by atoms with Crippen LogP contribution in [-0.4, -0.2) is 165 Å². The summed E-state index contributed by atoms with van der Waals surface area (Å²) in [5.74, 6) is -2.35. The van der Waals surface area contributed by atoms with E-state index in [9.17, 15) is 39.9 Å². The van der Waals surface area contributed by atoms with Crippen LogP contribution in [-0.2, 0) is 14.3 Å². The van der Waals surface area contributed by atoms with Crippen LogP contribution in [0.1, 0.15) is 68.4 Å². The van der Waals surface area contributed by atoms with E-state index in [0.717, 1.165) is 39.3 Å². The third-order valence-corrected chi connectivity index (χ3v) is 10.4. The number of hydrogen-bond donors (Lipinski definition) is 8. The van der Waals surface area contributed by atoms with Crippen molar-refractivity contribution in [1.29, 1.82) is 0 Å². The number of aliphatic carboxylic acids is 1. The SMILES string of the molecule is CC(=O)N[C@H]1[C@H]([C@H](O)[C@H](O)CNC(=O)c2cc(C)c(O)c(C)c2)O[C@@](CCN2CCN(C)C[C@]23CCN(CNC(C)(C)C)C3)(C(=O)O)C[C@@H]1O. The number of piperazine rings is 1. The maximum atomic E-state index is 13.0. The molecule has 1 aromatic carbocycles. The van der Waals surface area contributed by atoms with Crippen molar-refractivity contribution in [3.63, 3.8) is 0 Å². The predicted molar refractivity (Wildman–Crippen MR) is 186 cm³/mol. The van der Waals surface area contributed by atoms with Gasteiger partial charge in [-0.2, -0.15) is 0 Å². The zero-order chi connectivity index (χ0) is 37.2. The van der Waals surface area contributed by atoms with Crippen molar-refractivity contribution in [3.05, 3.63) is 28.8 Å². The Hall–Kier alpha value is -2.89. The molecule has 3 saturated heterocycles. The summed E-state index contributed by atoms with van der Waals surface area (Å²) in [6, 6.07) is 1.76. The highest BCUT2D eigenvalue weighted by Crippen LogP contribution is 2.38. The van der Waals surface area contributed by atoms with E-state index in [0.29, 0.717) is 24.2 Å². The fourth-order valence-corrected chi connectivity index (χ4v) is 7.58. The van der Waals surface area contributed by atoms with Crippen LogP contribution in [0.4, 0.5) is 0 Å². The molecule has 3 fully saturated rings. The predicted octanol–water partition coefficient (Wildman–Crippen LogP) is -0.634. The van der Waals surface area contributed by atoms with Crippen molar-refractivity contribution in [2.45, 2.75) is 108 Å². The van der Waals surface area contributed by atoms with Crippen molar-refractivity contribution in [2.75, 3.05) is 59.5 Å². The van der Waals surface area contributed by atoms with Gasteiger partial charge in [0.1, 0.15) is 18.0 Å². The van der Waals surface area contributed by atoms with E-state index in [4.69, 9.17) is 4.74 Å². The van der Waals surface area contributed by atoms with E-state index < -0.39 is 60.4 Å².